The smallest absolute Gasteiger partial charge is 0.144 e. The predicted octanol–water partition coefficient (Wildman–Crippen LogP) is 5.55. The van der Waals surface area contributed by atoms with Crippen LogP contribution in [0.15, 0.2) is 69.6 Å². The molecule has 0 radical (unpaired) electrons. The quantitative estimate of drug-likeness (QED) is 0.242. The molecule has 1 aliphatic heterocycles. The van der Waals surface area contributed by atoms with Gasteiger partial charge in [-0.1, -0.05) is 81.8 Å². The lowest BCUT2D eigenvalue weighted by atomic mass is 10.4. The van der Waals surface area contributed by atoms with Crippen LogP contribution in [-0.2, 0) is 0 Å². The summed E-state index contributed by atoms with van der Waals surface area (Å²) in [7, 11) is -3.70. The highest BCUT2D eigenvalue weighted by Crippen LogP contribution is 2.37. The molecule has 0 atom stereocenters. The van der Waals surface area contributed by atoms with E-state index in [-0.39, 0.29) is 0 Å². The van der Waals surface area contributed by atoms with Gasteiger partial charge in [-0.2, -0.15) is 0 Å². The molecular formula is C24H22Br2S2Si2. The number of rotatable bonds is 3. The van der Waals surface area contributed by atoms with E-state index in [1.165, 1.54) is 25.0 Å². The van der Waals surface area contributed by atoms with Crippen LogP contribution in [0, 0.1) is 6.92 Å². The van der Waals surface area contributed by atoms with Crippen LogP contribution < -0.4 is 25.2 Å². The van der Waals surface area contributed by atoms with Gasteiger partial charge in [-0.3, -0.25) is 0 Å². The summed E-state index contributed by atoms with van der Waals surface area (Å²) in [5.74, 6) is 0. The Balaban J connectivity index is 1.92. The van der Waals surface area contributed by atoms with E-state index in [1.807, 2.05) is 11.3 Å². The predicted molar refractivity (Wildman–Crippen MR) is 148 cm³/mol. The maximum atomic E-state index is 3.65. The van der Waals surface area contributed by atoms with Crippen molar-refractivity contribution >= 4 is 95.9 Å². The summed E-state index contributed by atoms with van der Waals surface area (Å²) in [5, 5.41) is 6.14. The lowest BCUT2D eigenvalue weighted by molar-refractivity contribution is 1.64. The second-order valence-electron chi connectivity index (χ2n) is 8.97. The molecule has 2 aromatic carbocycles. The Morgan fingerprint density at radius 1 is 0.700 bits per heavy atom. The van der Waals surface area contributed by atoms with Gasteiger partial charge in [0.05, 0.1) is 8.07 Å². The van der Waals surface area contributed by atoms with Crippen LogP contribution in [0.2, 0.25) is 19.6 Å². The zero-order chi connectivity index (χ0) is 21.3. The second kappa shape index (κ2) is 7.39. The molecule has 0 bridgehead atoms. The Hall–Kier alpha value is -0.766. The monoisotopic (exact) mass is 588 g/mol. The minimum absolute atomic E-state index is 1.14. The number of hydrogen-bond acceptors (Lipinski definition) is 2. The van der Waals surface area contributed by atoms with Gasteiger partial charge in [-0.05, 0) is 62.5 Å². The van der Waals surface area contributed by atoms with E-state index >= 15 is 0 Å². The number of benzene rings is 2. The molecule has 0 spiro atoms. The topological polar surface area (TPSA) is 0 Å². The normalized spacial score (nSPS) is 14.6. The first-order chi connectivity index (χ1) is 14.2. The third-order valence-corrected chi connectivity index (χ3v) is 18.0. The van der Waals surface area contributed by atoms with E-state index in [0.29, 0.717) is 0 Å². The van der Waals surface area contributed by atoms with Gasteiger partial charge >= 0.3 is 0 Å². The van der Waals surface area contributed by atoms with E-state index in [2.05, 4.69) is 130 Å². The molecule has 0 unspecified atom stereocenters. The van der Waals surface area contributed by atoms with Crippen molar-refractivity contribution < 1.29 is 0 Å². The SMILES string of the molecule is Cc1cc2c(s1)-c1sc([Si](C)(C)C)cc1[Si]2(c1ccc(Br)cc1)c1ccc(Br)cc1. The number of aryl methyl sites for hydroxylation is 1. The van der Waals surface area contributed by atoms with Gasteiger partial charge in [0.15, 0.2) is 8.07 Å². The first kappa shape index (κ1) is 21.1. The number of hydrogen-bond donors (Lipinski definition) is 0. The average Bonchev–Trinajstić information content (AvgIpc) is 3.34. The Bertz CT molecular complexity index is 1200. The highest BCUT2D eigenvalue weighted by Gasteiger charge is 2.51. The standard InChI is InChI=1S/C24H22Br2S2Si2/c1-15-13-20-23(27-15)24-21(14-22(28-24)29(2,3)4)30(20,18-9-5-16(25)6-10-18)19-11-7-17(26)8-12-19/h5-14H,1-4H3. The zero-order valence-electron chi connectivity index (χ0n) is 17.3. The maximum Gasteiger partial charge on any atom is 0.182 e. The Kier molecular flexibility index (Phi) is 5.20. The van der Waals surface area contributed by atoms with Crippen molar-refractivity contribution in [3.63, 3.8) is 0 Å². The molecule has 3 heterocycles. The van der Waals surface area contributed by atoms with E-state index < -0.39 is 16.1 Å². The van der Waals surface area contributed by atoms with Gasteiger partial charge < -0.3 is 0 Å². The van der Waals surface area contributed by atoms with Crippen LogP contribution in [0.4, 0.5) is 0 Å². The molecule has 5 rings (SSSR count). The van der Waals surface area contributed by atoms with Gasteiger partial charge in [-0.15, -0.1) is 22.7 Å². The number of thiophene rings is 2. The van der Waals surface area contributed by atoms with Crippen molar-refractivity contribution in [3.8, 4) is 9.75 Å². The van der Waals surface area contributed by atoms with Gasteiger partial charge in [-0.25, -0.2) is 0 Å². The van der Waals surface area contributed by atoms with E-state index in [1.54, 1.807) is 14.9 Å². The first-order valence-corrected chi connectivity index (χ1v) is 18.7. The fourth-order valence-electron chi connectivity index (χ4n) is 4.50. The Morgan fingerprint density at radius 2 is 1.17 bits per heavy atom. The van der Waals surface area contributed by atoms with Crippen LogP contribution in [0.3, 0.4) is 0 Å². The van der Waals surface area contributed by atoms with Crippen LogP contribution in [0.1, 0.15) is 4.88 Å². The Labute approximate surface area is 205 Å². The molecule has 30 heavy (non-hydrogen) atoms. The summed E-state index contributed by atoms with van der Waals surface area (Å²) in [6, 6.07) is 23.4. The first-order valence-electron chi connectivity index (χ1n) is 9.99. The van der Waals surface area contributed by atoms with Crippen molar-refractivity contribution in [2.24, 2.45) is 0 Å². The molecule has 0 N–H and O–H groups in total. The summed E-state index contributed by atoms with van der Waals surface area (Å²) in [6.45, 7) is 9.67. The van der Waals surface area contributed by atoms with E-state index in [9.17, 15) is 0 Å². The molecule has 0 aliphatic carbocycles. The fourth-order valence-corrected chi connectivity index (χ4v) is 15.7. The molecule has 0 saturated heterocycles. The number of fused-ring (bicyclic) bond motifs is 3. The van der Waals surface area contributed by atoms with E-state index in [4.69, 9.17) is 0 Å². The van der Waals surface area contributed by atoms with Crippen molar-refractivity contribution in [1.29, 1.82) is 0 Å². The molecule has 0 fully saturated rings. The fraction of sp³-hybridized carbons (Fsp3) is 0.167. The molecular weight excluding hydrogens is 568 g/mol. The van der Waals surface area contributed by atoms with Gasteiger partial charge in [0, 0.05) is 23.6 Å². The maximum absolute atomic E-state index is 3.65. The van der Waals surface area contributed by atoms with Crippen molar-refractivity contribution in [3.05, 3.63) is 74.5 Å². The van der Waals surface area contributed by atoms with Crippen molar-refractivity contribution in [2.75, 3.05) is 0 Å². The van der Waals surface area contributed by atoms with Gasteiger partial charge in [0.25, 0.3) is 0 Å². The molecule has 0 amide bonds. The van der Waals surface area contributed by atoms with Gasteiger partial charge in [0.2, 0.25) is 0 Å². The molecule has 6 heteroatoms. The molecule has 0 saturated carbocycles. The summed E-state index contributed by atoms with van der Waals surface area (Å²) in [6.07, 6.45) is 0. The minimum atomic E-state index is -2.31. The van der Waals surface area contributed by atoms with Crippen LogP contribution in [0.5, 0.6) is 0 Å². The summed E-state index contributed by atoms with van der Waals surface area (Å²) in [4.78, 5) is 4.48. The largest absolute Gasteiger partial charge is 0.182 e. The minimum Gasteiger partial charge on any atom is -0.144 e. The highest BCUT2D eigenvalue weighted by atomic mass is 79.9. The van der Waals surface area contributed by atoms with Crippen molar-refractivity contribution in [2.45, 2.75) is 26.6 Å². The highest BCUT2D eigenvalue weighted by molar-refractivity contribution is 9.10. The molecule has 2 aromatic heterocycles. The van der Waals surface area contributed by atoms with Crippen LogP contribution in [0.25, 0.3) is 9.75 Å². The molecule has 4 aromatic rings. The van der Waals surface area contributed by atoms with Crippen LogP contribution in [-0.4, -0.2) is 16.1 Å². The molecule has 1 aliphatic rings. The molecule has 152 valence electrons. The van der Waals surface area contributed by atoms with E-state index in [0.717, 1.165) is 8.95 Å². The summed E-state index contributed by atoms with van der Waals surface area (Å²) >= 11 is 11.4. The second-order valence-corrected chi connectivity index (χ2v) is 22.2. The zero-order valence-corrected chi connectivity index (χ0v) is 24.2. The van der Waals surface area contributed by atoms with Gasteiger partial charge in [0.1, 0.15) is 0 Å². The number of halogens is 2. The lowest BCUT2D eigenvalue weighted by Gasteiger charge is -2.30. The van der Waals surface area contributed by atoms with Crippen molar-refractivity contribution in [1.82, 2.24) is 0 Å². The Morgan fingerprint density at radius 3 is 1.67 bits per heavy atom. The average molecular weight is 591 g/mol. The summed E-state index contributed by atoms with van der Waals surface area (Å²) < 4.78 is 3.90. The third kappa shape index (κ3) is 3.14. The summed E-state index contributed by atoms with van der Waals surface area (Å²) in [5.41, 5.74) is 0. The lowest BCUT2D eigenvalue weighted by Crippen LogP contribution is -2.72. The third-order valence-electron chi connectivity index (χ3n) is 5.90. The molecule has 0 nitrogen and oxygen atoms in total. The van der Waals surface area contributed by atoms with Crippen LogP contribution >= 0.6 is 54.5 Å².